The van der Waals surface area contributed by atoms with Crippen molar-refractivity contribution in [3.05, 3.63) is 123 Å². The minimum Gasteiger partial charge on any atom is -0.450 e. The Bertz CT molecular complexity index is 1670. The first kappa shape index (κ1) is 22.0. The largest absolute Gasteiger partial charge is 0.450 e. The van der Waals surface area contributed by atoms with E-state index in [0.717, 1.165) is 5.56 Å². The number of halogens is 1. The molecule has 1 atom stereocenters. The van der Waals surface area contributed by atoms with Gasteiger partial charge in [-0.1, -0.05) is 54.1 Å². The summed E-state index contributed by atoms with van der Waals surface area (Å²) < 4.78 is 20.6. The van der Waals surface area contributed by atoms with E-state index in [9.17, 15) is 18.8 Å². The third-order valence-corrected chi connectivity index (χ3v) is 6.99. The molecule has 36 heavy (non-hydrogen) atoms. The van der Waals surface area contributed by atoms with Crippen LogP contribution in [0.1, 0.15) is 32.8 Å². The van der Waals surface area contributed by atoms with Gasteiger partial charge in [0.1, 0.15) is 11.4 Å². The van der Waals surface area contributed by atoms with E-state index >= 15 is 0 Å². The molecule has 0 bridgehead atoms. The second kappa shape index (κ2) is 7.75. The van der Waals surface area contributed by atoms with Crippen LogP contribution in [-0.4, -0.2) is 23.3 Å². The van der Waals surface area contributed by atoms with Gasteiger partial charge in [-0.15, -0.1) is 6.58 Å². The molecule has 4 aromatic rings. The Balaban J connectivity index is 1.67. The Hall–Kier alpha value is -4.52. The Morgan fingerprint density at radius 3 is 2.56 bits per heavy atom. The lowest BCUT2D eigenvalue weighted by Crippen LogP contribution is -2.53. The molecule has 7 heteroatoms. The van der Waals surface area contributed by atoms with Gasteiger partial charge in [-0.25, -0.2) is 4.39 Å². The lowest BCUT2D eigenvalue weighted by molar-refractivity contribution is -0.126. The summed E-state index contributed by atoms with van der Waals surface area (Å²) in [4.78, 5) is 44.9. The zero-order chi connectivity index (χ0) is 25.2. The van der Waals surface area contributed by atoms with Gasteiger partial charge >= 0.3 is 0 Å². The maximum Gasteiger partial charge on any atom is 0.291 e. The summed E-state index contributed by atoms with van der Waals surface area (Å²) in [7, 11) is 0. The highest BCUT2D eigenvalue weighted by Gasteiger charge is 2.64. The first-order valence-corrected chi connectivity index (χ1v) is 11.5. The van der Waals surface area contributed by atoms with Crippen LogP contribution in [0.25, 0.3) is 11.0 Å². The summed E-state index contributed by atoms with van der Waals surface area (Å²) in [6.45, 7) is 5.56. The molecule has 1 unspecified atom stereocenters. The van der Waals surface area contributed by atoms with E-state index < -0.39 is 28.6 Å². The van der Waals surface area contributed by atoms with E-state index in [1.165, 1.54) is 21.9 Å². The van der Waals surface area contributed by atoms with Crippen molar-refractivity contribution in [2.45, 2.75) is 19.0 Å². The quantitative estimate of drug-likeness (QED) is 0.398. The van der Waals surface area contributed by atoms with Crippen LogP contribution in [0.2, 0.25) is 0 Å². The van der Waals surface area contributed by atoms with E-state index in [0.29, 0.717) is 22.2 Å². The van der Waals surface area contributed by atoms with Crippen molar-refractivity contribution in [2.75, 3.05) is 11.4 Å². The van der Waals surface area contributed by atoms with Gasteiger partial charge in [-0.05, 0) is 31.2 Å². The number of benzene rings is 3. The predicted octanol–water partition coefficient (Wildman–Crippen LogP) is 4.67. The first-order valence-electron chi connectivity index (χ1n) is 11.5. The molecule has 2 aliphatic rings. The number of aryl methyl sites for hydroxylation is 1. The molecule has 0 fully saturated rings. The van der Waals surface area contributed by atoms with Crippen LogP contribution in [0.3, 0.4) is 0 Å². The van der Waals surface area contributed by atoms with Gasteiger partial charge in [-0.2, -0.15) is 0 Å². The van der Waals surface area contributed by atoms with Gasteiger partial charge in [0.25, 0.3) is 11.8 Å². The number of hydrogen-bond acceptors (Lipinski definition) is 4. The highest BCUT2D eigenvalue weighted by atomic mass is 19.1. The third-order valence-electron chi connectivity index (χ3n) is 6.99. The smallest absolute Gasteiger partial charge is 0.291 e. The Morgan fingerprint density at radius 1 is 1.03 bits per heavy atom. The van der Waals surface area contributed by atoms with Crippen LogP contribution in [0.4, 0.5) is 10.1 Å². The Kier molecular flexibility index (Phi) is 4.73. The SMILES string of the molecule is C=CCN1C(=O)c2oc3ccc(C)cc3c(=O)c2C12C(=O)N(Cc1ccccc1F)c1ccccc12. The molecule has 1 aromatic heterocycles. The summed E-state index contributed by atoms with van der Waals surface area (Å²) in [6.07, 6.45) is 1.51. The van der Waals surface area contributed by atoms with Crippen LogP contribution in [-0.2, 0) is 16.9 Å². The number of hydrogen-bond donors (Lipinski definition) is 0. The minimum absolute atomic E-state index is 0.00542. The Labute approximate surface area is 205 Å². The second-order valence-corrected chi connectivity index (χ2v) is 9.05. The highest BCUT2D eigenvalue weighted by Crippen LogP contribution is 2.52. The van der Waals surface area contributed by atoms with E-state index in [1.807, 2.05) is 6.92 Å². The molecular weight excluding hydrogens is 459 g/mol. The average molecular weight is 480 g/mol. The van der Waals surface area contributed by atoms with Gasteiger partial charge in [0.05, 0.1) is 23.2 Å². The molecule has 1 spiro atoms. The zero-order valence-corrected chi connectivity index (χ0v) is 19.5. The van der Waals surface area contributed by atoms with Crippen LogP contribution in [0.5, 0.6) is 0 Å². The van der Waals surface area contributed by atoms with Crippen molar-refractivity contribution in [1.29, 1.82) is 0 Å². The number of rotatable bonds is 4. The van der Waals surface area contributed by atoms with Crippen LogP contribution < -0.4 is 10.3 Å². The maximum absolute atomic E-state index is 14.6. The van der Waals surface area contributed by atoms with Crippen LogP contribution in [0.15, 0.2) is 88.6 Å². The fourth-order valence-corrected chi connectivity index (χ4v) is 5.44. The van der Waals surface area contributed by atoms with Crippen molar-refractivity contribution in [3.63, 3.8) is 0 Å². The molecule has 6 nitrogen and oxygen atoms in total. The van der Waals surface area contributed by atoms with Crippen molar-refractivity contribution < 1.29 is 18.4 Å². The molecule has 0 saturated carbocycles. The molecule has 3 heterocycles. The van der Waals surface area contributed by atoms with E-state index in [1.54, 1.807) is 60.7 Å². The fraction of sp³-hybridized carbons (Fsp3) is 0.138. The lowest BCUT2D eigenvalue weighted by Gasteiger charge is -2.33. The molecule has 2 aliphatic heterocycles. The summed E-state index contributed by atoms with van der Waals surface area (Å²) in [6, 6.07) is 18.3. The lowest BCUT2D eigenvalue weighted by atomic mass is 9.84. The molecular formula is C29H21FN2O4. The number of carbonyl (C=O) groups excluding carboxylic acids is 2. The van der Waals surface area contributed by atoms with Crippen LogP contribution >= 0.6 is 0 Å². The number of anilines is 1. The molecule has 2 amide bonds. The molecule has 6 rings (SSSR count). The summed E-state index contributed by atoms with van der Waals surface area (Å²) >= 11 is 0. The summed E-state index contributed by atoms with van der Waals surface area (Å²) in [5.41, 5.74) is 0.209. The number of carbonyl (C=O) groups is 2. The number of para-hydroxylation sites is 1. The monoisotopic (exact) mass is 480 g/mol. The van der Waals surface area contributed by atoms with Crippen LogP contribution in [0, 0.1) is 12.7 Å². The first-order chi connectivity index (χ1) is 17.4. The highest BCUT2D eigenvalue weighted by molar-refractivity contribution is 6.17. The average Bonchev–Trinajstić information content (AvgIpc) is 3.26. The number of amides is 2. The topological polar surface area (TPSA) is 70.8 Å². The maximum atomic E-state index is 14.6. The standard InChI is InChI=1S/C29H21FN2O4/c1-3-14-32-27(34)26-24(25(33)19-15-17(2)12-13-23(19)36-26)29(32)20-9-5-7-11-22(20)31(28(29)35)16-18-8-4-6-10-21(18)30/h3-13,15H,1,14,16H2,2H3. The van der Waals surface area contributed by atoms with Gasteiger partial charge in [0.2, 0.25) is 5.76 Å². The third kappa shape index (κ3) is 2.74. The van der Waals surface area contributed by atoms with E-state index in [2.05, 4.69) is 6.58 Å². The molecule has 0 radical (unpaired) electrons. The molecule has 0 saturated heterocycles. The fourth-order valence-electron chi connectivity index (χ4n) is 5.44. The van der Waals surface area contributed by atoms with E-state index in [-0.39, 0.29) is 30.0 Å². The second-order valence-electron chi connectivity index (χ2n) is 9.05. The normalized spacial score (nSPS) is 18.3. The molecule has 178 valence electrons. The zero-order valence-electron chi connectivity index (χ0n) is 19.5. The molecule has 0 aliphatic carbocycles. The number of nitrogens with zero attached hydrogens (tertiary/aromatic N) is 2. The number of fused-ring (bicyclic) bond motifs is 5. The van der Waals surface area contributed by atoms with Crippen molar-refractivity contribution in [3.8, 4) is 0 Å². The predicted molar refractivity (Wildman–Crippen MR) is 133 cm³/mol. The van der Waals surface area contributed by atoms with Crippen molar-refractivity contribution >= 4 is 28.5 Å². The van der Waals surface area contributed by atoms with Crippen molar-refractivity contribution in [2.24, 2.45) is 0 Å². The van der Waals surface area contributed by atoms with Gasteiger partial charge in [0, 0.05) is 17.7 Å². The van der Waals surface area contributed by atoms with Crippen molar-refractivity contribution in [1.82, 2.24) is 4.90 Å². The van der Waals surface area contributed by atoms with Gasteiger partial charge in [-0.3, -0.25) is 14.4 Å². The van der Waals surface area contributed by atoms with E-state index in [4.69, 9.17) is 4.42 Å². The summed E-state index contributed by atoms with van der Waals surface area (Å²) in [5.74, 6) is -1.69. The minimum atomic E-state index is -1.75. The molecule has 3 aromatic carbocycles. The molecule has 0 N–H and O–H groups in total. The van der Waals surface area contributed by atoms with Gasteiger partial charge < -0.3 is 14.2 Å². The Morgan fingerprint density at radius 2 is 1.78 bits per heavy atom. The van der Waals surface area contributed by atoms with Gasteiger partial charge in [0.15, 0.2) is 11.0 Å². The summed E-state index contributed by atoms with van der Waals surface area (Å²) in [5, 5.41) is 0.291.